The van der Waals surface area contributed by atoms with Crippen LogP contribution in [0.1, 0.15) is 41.6 Å². The maximum atomic E-state index is 13.1. The summed E-state index contributed by atoms with van der Waals surface area (Å²) >= 11 is 0. The fourth-order valence-corrected chi connectivity index (χ4v) is 5.21. The number of carbonyl (C=O) groups excluding carboxylic acids is 2. The second-order valence-electron chi connectivity index (χ2n) is 8.26. The molecule has 0 N–H and O–H groups in total. The summed E-state index contributed by atoms with van der Waals surface area (Å²) in [6.45, 7) is 0.503. The third kappa shape index (κ3) is 1.86. The van der Waals surface area contributed by atoms with Crippen LogP contribution in [0, 0.1) is 5.92 Å². The van der Waals surface area contributed by atoms with E-state index in [1.165, 1.54) is 0 Å². The number of fused-ring (bicyclic) bond motifs is 1. The highest BCUT2D eigenvalue weighted by atomic mass is 16.6. The van der Waals surface area contributed by atoms with E-state index in [2.05, 4.69) is 6.08 Å². The number of carbonyl (C=O) groups is 2. The molecular weight excluding hydrogens is 328 g/mol. The first kappa shape index (κ1) is 15.1. The van der Waals surface area contributed by atoms with E-state index in [1.807, 2.05) is 30.3 Å². The van der Waals surface area contributed by atoms with E-state index in [9.17, 15) is 9.59 Å². The number of ether oxygens (including phenoxy) is 2. The number of benzene rings is 1. The van der Waals surface area contributed by atoms with Gasteiger partial charge >= 0.3 is 0 Å². The minimum absolute atomic E-state index is 0.0489. The van der Waals surface area contributed by atoms with Gasteiger partial charge in [-0.15, -0.1) is 0 Å². The molecule has 2 heterocycles. The van der Waals surface area contributed by atoms with Crippen molar-refractivity contribution in [3.8, 4) is 0 Å². The number of hydrogen-bond acceptors (Lipinski definition) is 4. The molecule has 1 aromatic carbocycles. The van der Waals surface area contributed by atoms with E-state index in [0.29, 0.717) is 13.0 Å². The number of Topliss-reactive ketones (excluding diaryl/α,β-unsaturated/α-hetero) is 2. The van der Waals surface area contributed by atoms with Crippen molar-refractivity contribution < 1.29 is 19.1 Å². The van der Waals surface area contributed by atoms with Crippen LogP contribution >= 0.6 is 0 Å². The zero-order valence-electron chi connectivity index (χ0n) is 14.5. The summed E-state index contributed by atoms with van der Waals surface area (Å²) in [5.74, 6) is 0.518. The van der Waals surface area contributed by atoms with E-state index in [0.717, 1.165) is 48.0 Å². The van der Waals surface area contributed by atoms with Crippen LogP contribution in [0.5, 0.6) is 0 Å². The van der Waals surface area contributed by atoms with Crippen LogP contribution in [-0.4, -0.2) is 35.5 Å². The average molecular weight is 348 g/mol. The molecule has 5 aliphatic rings. The van der Waals surface area contributed by atoms with Crippen molar-refractivity contribution in [2.24, 2.45) is 5.92 Å². The Labute approximate surface area is 151 Å². The normalized spacial score (nSPS) is 40.0. The predicted octanol–water partition coefficient (Wildman–Crippen LogP) is 2.96. The van der Waals surface area contributed by atoms with Gasteiger partial charge in [0, 0.05) is 11.1 Å². The summed E-state index contributed by atoms with van der Waals surface area (Å²) < 4.78 is 11.5. The maximum absolute atomic E-state index is 13.1. The summed E-state index contributed by atoms with van der Waals surface area (Å²) in [5.41, 5.74) is 2.71. The largest absolute Gasteiger partial charge is 0.357 e. The second-order valence-corrected chi connectivity index (χ2v) is 8.26. The predicted molar refractivity (Wildman–Crippen MR) is 93.9 cm³/mol. The van der Waals surface area contributed by atoms with Crippen molar-refractivity contribution in [3.63, 3.8) is 0 Å². The van der Waals surface area contributed by atoms with Crippen LogP contribution in [0.2, 0.25) is 0 Å². The molecular formula is C22H20O4. The fraction of sp³-hybridized carbons (Fsp3) is 0.455. The van der Waals surface area contributed by atoms with Crippen molar-refractivity contribution in [1.29, 1.82) is 0 Å². The minimum atomic E-state index is -0.664. The maximum Gasteiger partial charge on any atom is 0.197 e. The van der Waals surface area contributed by atoms with Crippen molar-refractivity contribution in [1.82, 2.24) is 0 Å². The summed E-state index contributed by atoms with van der Waals surface area (Å²) in [6, 6.07) is 7.87. The summed E-state index contributed by atoms with van der Waals surface area (Å²) in [6.07, 6.45) is 8.17. The zero-order valence-corrected chi connectivity index (χ0v) is 14.5. The summed E-state index contributed by atoms with van der Waals surface area (Å²) in [4.78, 5) is 25.9. The Morgan fingerprint density at radius 1 is 1.08 bits per heavy atom. The van der Waals surface area contributed by atoms with Crippen molar-refractivity contribution in [2.75, 3.05) is 6.61 Å². The van der Waals surface area contributed by atoms with Gasteiger partial charge in [0.05, 0.1) is 12.7 Å². The van der Waals surface area contributed by atoms with Crippen molar-refractivity contribution in [3.05, 3.63) is 58.7 Å². The summed E-state index contributed by atoms with van der Waals surface area (Å²) in [7, 11) is 0. The number of rotatable bonds is 1. The smallest absolute Gasteiger partial charge is 0.197 e. The third-order valence-corrected chi connectivity index (χ3v) is 6.89. The Morgan fingerprint density at radius 2 is 1.92 bits per heavy atom. The fourth-order valence-electron chi connectivity index (χ4n) is 5.21. The van der Waals surface area contributed by atoms with Gasteiger partial charge in [0.2, 0.25) is 0 Å². The monoisotopic (exact) mass is 348 g/mol. The van der Waals surface area contributed by atoms with Crippen LogP contribution in [0.3, 0.4) is 0 Å². The van der Waals surface area contributed by atoms with Crippen molar-refractivity contribution in [2.45, 2.75) is 49.4 Å². The molecule has 4 heteroatoms. The molecule has 4 unspecified atom stereocenters. The lowest BCUT2D eigenvalue weighted by Crippen LogP contribution is -2.37. The van der Waals surface area contributed by atoms with Gasteiger partial charge in [0.25, 0.3) is 0 Å². The molecule has 4 nitrogen and oxygen atoms in total. The molecule has 26 heavy (non-hydrogen) atoms. The highest BCUT2D eigenvalue weighted by Crippen LogP contribution is 2.54. The van der Waals surface area contributed by atoms with Crippen LogP contribution in [0.25, 0.3) is 0 Å². The molecule has 2 aliphatic heterocycles. The van der Waals surface area contributed by atoms with E-state index < -0.39 is 11.2 Å². The van der Waals surface area contributed by atoms with Gasteiger partial charge in [-0.25, -0.2) is 0 Å². The van der Waals surface area contributed by atoms with Crippen LogP contribution in [0.15, 0.2) is 47.6 Å². The Kier molecular flexibility index (Phi) is 2.79. The lowest BCUT2D eigenvalue weighted by molar-refractivity contribution is -0.119. The first-order valence-corrected chi connectivity index (χ1v) is 9.54. The Bertz CT molecular complexity index is 920. The van der Waals surface area contributed by atoms with E-state index in [1.54, 1.807) is 0 Å². The number of epoxide rings is 2. The molecule has 0 amide bonds. The lowest BCUT2D eigenvalue weighted by atomic mass is 9.71. The minimum Gasteiger partial charge on any atom is -0.357 e. The molecule has 2 fully saturated rings. The number of hydrogen-bond donors (Lipinski definition) is 0. The zero-order chi connectivity index (χ0) is 17.5. The van der Waals surface area contributed by atoms with Gasteiger partial charge in [0.15, 0.2) is 22.8 Å². The Hall–Kier alpha value is -2.04. The molecule has 2 spiro atoms. The van der Waals surface area contributed by atoms with Crippen LogP contribution in [0.4, 0.5) is 0 Å². The number of ketones is 2. The average Bonchev–Trinajstić information content (AvgIpc) is 3.59. The second kappa shape index (κ2) is 4.81. The quantitative estimate of drug-likeness (QED) is 0.732. The Morgan fingerprint density at radius 3 is 2.77 bits per heavy atom. The molecule has 6 rings (SSSR count). The van der Waals surface area contributed by atoms with Gasteiger partial charge in [-0.05, 0) is 55.2 Å². The first-order valence-electron chi connectivity index (χ1n) is 9.54. The molecule has 4 atom stereocenters. The van der Waals surface area contributed by atoms with Crippen LogP contribution < -0.4 is 0 Å². The van der Waals surface area contributed by atoms with Gasteiger partial charge in [-0.1, -0.05) is 30.3 Å². The summed E-state index contributed by atoms with van der Waals surface area (Å²) in [5, 5.41) is 0. The molecule has 0 aromatic heterocycles. The number of aryl methyl sites for hydroxylation is 1. The Balaban J connectivity index is 1.26. The topological polar surface area (TPSA) is 59.2 Å². The van der Waals surface area contributed by atoms with Gasteiger partial charge in [-0.3, -0.25) is 9.59 Å². The first-order chi connectivity index (χ1) is 12.6. The van der Waals surface area contributed by atoms with Gasteiger partial charge < -0.3 is 9.47 Å². The molecule has 1 aromatic rings. The lowest BCUT2D eigenvalue weighted by Gasteiger charge is -2.29. The van der Waals surface area contributed by atoms with E-state index in [-0.39, 0.29) is 23.6 Å². The number of allylic oxidation sites excluding steroid dienone is 2. The third-order valence-electron chi connectivity index (χ3n) is 6.89. The highest BCUT2D eigenvalue weighted by Gasteiger charge is 2.66. The SMILES string of the molecule is O=C1C2=C(C=CC13CO3)CCC(C1OC13CCc1ccccc1C3=O)C2. The molecule has 0 saturated carbocycles. The van der Waals surface area contributed by atoms with Crippen molar-refractivity contribution >= 4 is 11.6 Å². The molecule has 0 bridgehead atoms. The highest BCUT2D eigenvalue weighted by molar-refractivity contribution is 6.08. The molecule has 132 valence electrons. The van der Waals surface area contributed by atoms with E-state index in [4.69, 9.17) is 9.47 Å². The molecule has 0 radical (unpaired) electrons. The molecule has 2 saturated heterocycles. The van der Waals surface area contributed by atoms with Gasteiger partial charge in [-0.2, -0.15) is 0 Å². The standard InChI is InChI=1S/C22H20O4/c23-18-17-11-15(6-5-14(17)7-9-21(18)12-25-21)20-22(26-20)10-8-13-3-1-2-4-16(13)19(22)24/h1-4,7,9,15,20H,5-6,8,10-12H2. The molecule has 3 aliphatic carbocycles. The van der Waals surface area contributed by atoms with E-state index >= 15 is 0 Å². The van der Waals surface area contributed by atoms with Gasteiger partial charge in [0.1, 0.15) is 0 Å². The van der Waals surface area contributed by atoms with Crippen LogP contribution in [-0.2, 0) is 20.7 Å².